The van der Waals surface area contributed by atoms with Crippen molar-refractivity contribution in [2.24, 2.45) is 11.7 Å². The highest BCUT2D eigenvalue weighted by Crippen LogP contribution is 2.35. The summed E-state index contributed by atoms with van der Waals surface area (Å²) in [6.45, 7) is 2.69. The summed E-state index contributed by atoms with van der Waals surface area (Å²) in [7, 11) is 1.74. The van der Waals surface area contributed by atoms with Crippen molar-refractivity contribution >= 4 is 0 Å². The van der Waals surface area contributed by atoms with E-state index in [1.54, 1.807) is 7.11 Å². The van der Waals surface area contributed by atoms with E-state index in [4.69, 9.17) is 15.0 Å². The first-order valence-corrected chi connectivity index (χ1v) is 7.86. The molecule has 1 heterocycles. The van der Waals surface area contributed by atoms with Crippen LogP contribution in [0.5, 0.6) is 0 Å². The third kappa shape index (κ3) is 3.58. The van der Waals surface area contributed by atoms with E-state index < -0.39 is 0 Å². The molecule has 0 spiro atoms. The van der Waals surface area contributed by atoms with Crippen molar-refractivity contribution in [3.05, 3.63) is 11.7 Å². The molecule has 1 aliphatic rings. The van der Waals surface area contributed by atoms with Gasteiger partial charge < -0.3 is 15.0 Å². The Hall–Kier alpha value is -0.940. The number of aromatic nitrogens is 2. The molecule has 1 aromatic heterocycles. The van der Waals surface area contributed by atoms with Gasteiger partial charge in [-0.25, -0.2) is 0 Å². The highest BCUT2D eigenvalue weighted by Gasteiger charge is 2.29. The minimum atomic E-state index is -0.0344. The molecule has 0 aromatic carbocycles. The van der Waals surface area contributed by atoms with Crippen LogP contribution in [0.1, 0.15) is 75.6 Å². The lowest BCUT2D eigenvalue weighted by molar-refractivity contribution is 0.0273. The molecule has 0 radical (unpaired) electrons. The van der Waals surface area contributed by atoms with Crippen LogP contribution in [0.4, 0.5) is 0 Å². The molecule has 114 valence electrons. The van der Waals surface area contributed by atoms with Crippen LogP contribution < -0.4 is 5.73 Å². The number of nitrogens with two attached hydrogens (primary N) is 1. The van der Waals surface area contributed by atoms with Crippen molar-refractivity contribution in [1.29, 1.82) is 0 Å². The minimum absolute atomic E-state index is 0.0344. The van der Waals surface area contributed by atoms with Crippen LogP contribution in [-0.2, 0) is 4.74 Å². The standard InChI is InChI=1S/C15H27N3O2/c1-3-7-12(10-16)15-17-14(18-20-15)13(19-2)11-8-5-4-6-9-11/h11-13H,3-10,16H2,1-2H3. The molecule has 1 aromatic rings. The molecule has 2 atom stereocenters. The van der Waals surface area contributed by atoms with E-state index in [0.717, 1.165) is 12.8 Å². The number of hydrogen-bond acceptors (Lipinski definition) is 5. The van der Waals surface area contributed by atoms with E-state index >= 15 is 0 Å². The number of methoxy groups -OCH3 is 1. The van der Waals surface area contributed by atoms with E-state index in [1.807, 2.05) is 0 Å². The molecule has 0 amide bonds. The van der Waals surface area contributed by atoms with Crippen LogP contribution >= 0.6 is 0 Å². The second-order valence-corrected chi connectivity index (χ2v) is 5.77. The third-order valence-electron chi connectivity index (χ3n) is 4.31. The van der Waals surface area contributed by atoms with E-state index in [0.29, 0.717) is 24.2 Å². The van der Waals surface area contributed by atoms with Gasteiger partial charge in [-0.2, -0.15) is 4.98 Å². The smallest absolute Gasteiger partial charge is 0.231 e. The summed E-state index contributed by atoms with van der Waals surface area (Å²) < 4.78 is 11.1. The van der Waals surface area contributed by atoms with Crippen LogP contribution in [0, 0.1) is 5.92 Å². The second-order valence-electron chi connectivity index (χ2n) is 5.77. The van der Waals surface area contributed by atoms with Crippen LogP contribution in [0.3, 0.4) is 0 Å². The van der Waals surface area contributed by atoms with Gasteiger partial charge in [0.1, 0.15) is 6.10 Å². The Balaban J connectivity index is 2.08. The molecule has 20 heavy (non-hydrogen) atoms. The molecule has 1 fully saturated rings. The first-order chi connectivity index (χ1) is 9.80. The molecule has 0 saturated heterocycles. The number of nitrogens with zero attached hydrogens (tertiary/aromatic N) is 2. The molecule has 2 rings (SSSR count). The van der Waals surface area contributed by atoms with E-state index in [-0.39, 0.29) is 12.0 Å². The van der Waals surface area contributed by atoms with Gasteiger partial charge in [0, 0.05) is 13.7 Å². The molecule has 0 aliphatic heterocycles. The van der Waals surface area contributed by atoms with Gasteiger partial charge in [0.2, 0.25) is 11.7 Å². The highest BCUT2D eigenvalue weighted by molar-refractivity contribution is 4.99. The van der Waals surface area contributed by atoms with Gasteiger partial charge in [-0.15, -0.1) is 0 Å². The predicted molar refractivity (Wildman–Crippen MR) is 77.3 cm³/mol. The Labute approximate surface area is 121 Å². The Kier molecular flexibility index (Phi) is 5.98. The van der Waals surface area contributed by atoms with Gasteiger partial charge in [-0.3, -0.25) is 0 Å². The number of hydrogen-bond donors (Lipinski definition) is 1. The molecule has 1 saturated carbocycles. The van der Waals surface area contributed by atoms with Crippen LogP contribution in [-0.4, -0.2) is 23.8 Å². The van der Waals surface area contributed by atoms with Crippen LogP contribution in [0.2, 0.25) is 0 Å². The Morgan fingerprint density at radius 2 is 2.10 bits per heavy atom. The highest BCUT2D eigenvalue weighted by atomic mass is 16.5. The van der Waals surface area contributed by atoms with Crippen molar-refractivity contribution in [2.75, 3.05) is 13.7 Å². The normalized spacial score (nSPS) is 19.9. The van der Waals surface area contributed by atoms with E-state index in [9.17, 15) is 0 Å². The second kappa shape index (κ2) is 7.74. The first kappa shape index (κ1) is 15.4. The third-order valence-corrected chi connectivity index (χ3v) is 4.31. The van der Waals surface area contributed by atoms with Gasteiger partial charge in [0.15, 0.2) is 0 Å². The summed E-state index contributed by atoms with van der Waals surface area (Å²) in [5.74, 6) is 2.05. The van der Waals surface area contributed by atoms with Crippen molar-refractivity contribution in [1.82, 2.24) is 10.1 Å². The zero-order valence-corrected chi connectivity index (χ0v) is 12.7. The van der Waals surface area contributed by atoms with Crippen molar-refractivity contribution in [2.45, 2.75) is 63.9 Å². The lowest BCUT2D eigenvalue weighted by Gasteiger charge is -2.26. The van der Waals surface area contributed by atoms with Crippen molar-refractivity contribution in [3.8, 4) is 0 Å². The minimum Gasteiger partial charge on any atom is -0.373 e. The van der Waals surface area contributed by atoms with Gasteiger partial charge in [0.25, 0.3) is 0 Å². The van der Waals surface area contributed by atoms with E-state index in [1.165, 1.54) is 32.1 Å². The van der Waals surface area contributed by atoms with Crippen LogP contribution in [0.15, 0.2) is 4.52 Å². The fourth-order valence-electron chi connectivity index (χ4n) is 3.16. The van der Waals surface area contributed by atoms with Crippen LogP contribution in [0.25, 0.3) is 0 Å². The van der Waals surface area contributed by atoms with Gasteiger partial charge in [-0.05, 0) is 25.2 Å². The molecule has 5 heteroatoms. The lowest BCUT2D eigenvalue weighted by Crippen LogP contribution is -2.19. The fourth-order valence-corrected chi connectivity index (χ4v) is 3.16. The molecular weight excluding hydrogens is 254 g/mol. The van der Waals surface area contributed by atoms with Gasteiger partial charge >= 0.3 is 0 Å². The topological polar surface area (TPSA) is 74.2 Å². The Bertz CT molecular complexity index is 388. The summed E-state index contributed by atoms with van der Waals surface area (Å²) >= 11 is 0. The quantitative estimate of drug-likeness (QED) is 0.830. The molecule has 2 unspecified atom stereocenters. The maximum absolute atomic E-state index is 5.79. The molecule has 0 bridgehead atoms. The maximum Gasteiger partial charge on any atom is 0.231 e. The average molecular weight is 281 g/mol. The molecule has 1 aliphatic carbocycles. The lowest BCUT2D eigenvalue weighted by atomic mass is 9.85. The largest absolute Gasteiger partial charge is 0.373 e. The summed E-state index contributed by atoms with van der Waals surface area (Å²) in [4.78, 5) is 4.56. The average Bonchev–Trinajstić information content (AvgIpc) is 2.96. The molecule has 5 nitrogen and oxygen atoms in total. The van der Waals surface area contributed by atoms with E-state index in [2.05, 4.69) is 17.1 Å². The Morgan fingerprint density at radius 3 is 2.70 bits per heavy atom. The molecule has 2 N–H and O–H groups in total. The predicted octanol–water partition coefficient (Wildman–Crippen LogP) is 3.18. The monoisotopic (exact) mass is 281 g/mol. The zero-order valence-electron chi connectivity index (χ0n) is 12.7. The first-order valence-electron chi connectivity index (χ1n) is 7.86. The van der Waals surface area contributed by atoms with Gasteiger partial charge in [0.05, 0.1) is 5.92 Å². The summed E-state index contributed by atoms with van der Waals surface area (Å²) in [5, 5.41) is 4.15. The fraction of sp³-hybridized carbons (Fsp3) is 0.867. The SMILES string of the molecule is CCCC(CN)c1nc(C(OC)C2CCCCC2)no1. The van der Waals surface area contributed by atoms with Crippen molar-refractivity contribution < 1.29 is 9.26 Å². The number of ether oxygens (including phenoxy) is 1. The summed E-state index contributed by atoms with van der Waals surface area (Å²) in [6.07, 6.45) is 8.28. The van der Waals surface area contributed by atoms with Gasteiger partial charge in [-0.1, -0.05) is 37.8 Å². The number of rotatable bonds is 7. The molecular formula is C15H27N3O2. The summed E-state index contributed by atoms with van der Waals surface area (Å²) in [5.41, 5.74) is 5.79. The maximum atomic E-state index is 5.79. The Morgan fingerprint density at radius 1 is 1.35 bits per heavy atom. The summed E-state index contributed by atoms with van der Waals surface area (Å²) in [6, 6.07) is 0. The van der Waals surface area contributed by atoms with Crippen molar-refractivity contribution in [3.63, 3.8) is 0 Å². The zero-order chi connectivity index (χ0) is 14.4.